The first kappa shape index (κ1) is 16.5. The van der Waals surface area contributed by atoms with Gasteiger partial charge in [0.05, 0.1) is 5.41 Å². The third-order valence-corrected chi connectivity index (χ3v) is 4.25. The maximum atomic E-state index is 12.4. The fourth-order valence-corrected chi connectivity index (χ4v) is 1.80. The molecule has 0 saturated heterocycles. The van der Waals surface area contributed by atoms with Crippen molar-refractivity contribution in [3.8, 4) is 0 Å². The topological polar surface area (TPSA) is 55.1 Å². The molecule has 1 rings (SSSR count). The Labute approximate surface area is 122 Å². The Kier molecular flexibility index (Phi) is 4.85. The van der Waals surface area contributed by atoms with E-state index in [2.05, 4.69) is 33.0 Å². The molecule has 1 aromatic rings. The van der Waals surface area contributed by atoms with Gasteiger partial charge in [0, 0.05) is 12.2 Å². The van der Waals surface area contributed by atoms with Crippen molar-refractivity contribution in [2.45, 2.75) is 47.0 Å². The summed E-state index contributed by atoms with van der Waals surface area (Å²) in [5.74, 6) is 0.479. The molecule has 0 aliphatic rings. The second-order valence-electron chi connectivity index (χ2n) is 7.22. The summed E-state index contributed by atoms with van der Waals surface area (Å²) in [6.07, 6.45) is 0. The van der Waals surface area contributed by atoms with Crippen LogP contribution in [0.15, 0.2) is 24.3 Å². The molecule has 0 fully saturated rings. The molecule has 1 unspecified atom stereocenters. The molecule has 1 aromatic carbocycles. The van der Waals surface area contributed by atoms with Gasteiger partial charge in [-0.1, -0.05) is 39.8 Å². The molecule has 112 valence electrons. The van der Waals surface area contributed by atoms with E-state index in [9.17, 15) is 4.79 Å². The van der Waals surface area contributed by atoms with Crippen molar-refractivity contribution in [2.24, 2.45) is 11.3 Å². The Bertz CT molecular complexity index is 455. The molecule has 1 amide bonds. The van der Waals surface area contributed by atoms with Gasteiger partial charge in [-0.15, -0.1) is 0 Å². The van der Waals surface area contributed by atoms with Gasteiger partial charge in [-0.3, -0.25) is 4.79 Å². The van der Waals surface area contributed by atoms with Crippen molar-refractivity contribution in [3.63, 3.8) is 0 Å². The minimum absolute atomic E-state index is 0.0540. The molecule has 0 bridgehead atoms. The van der Waals surface area contributed by atoms with Crippen LogP contribution in [0.2, 0.25) is 0 Å². The highest BCUT2D eigenvalue weighted by Gasteiger charge is 2.30. The van der Waals surface area contributed by atoms with Crippen LogP contribution in [0.4, 0.5) is 5.69 Å². The summed E-state index contributed by atoms with van der Waals surface area (Å²) < 4.78 is 0. The number of rotatable bonds is 4. The molecule has 0 radical (unpaired) electrons. The number of nitrogens with two attached hydrogens (primary N) is 1. The van der Waals surface area contributed by atoms with Crippen molar-refractivity contribution in [3.05, 3.63) is 29.8 Å². The summed E-state index contributed by atoms with van der Waals surface area (Å²) in [4.78, 5) is 12.4. The van der Waals surface area contributed by atoms with Gasteiger partial charge in [-0.2, -0.15) is 0 Å². The van der Waals surface area contributed by atoms with E-state index in [0.717, 1.165) is 5.56 Å². The maximum Gasteiger partial charge on any atom is 0.230 e. The summed E-state index contributed by atoms with van der Waals surface area (Å²) in [7, 11) is 0. The first-order valence-electron chi connectivity index (χ1n) is 7.19. The average molecular weight is 276 g/mol. The van der Waals surface area contributed by atoms with Crippen LogP contribution < -0.4 is 11.1 Å². The molecule has 0 heterocycles. The molecular weight excluding hydrogens is 248 g/mol. The van der Waals surface area contributed by atoms with Crippen molar-refractivity contribution in [1.29, 1.82) is 0 Å². The van der Waals surface area contributed by atoms with Gasteiger partial charge in [0.15, 0.2) is 0 Å². The number of hydrogen-bond acceptors (Lipinski definition) is 2. The molecule has 0 spiro atoms. The lowest BCUT2D eigenvalue weighted by atomic mass is 9.81. The highest BCUT2D eigenvalue weighted by Crippen LogP contribution is 2.26. The van der Waals surface area contributed by atoms with Gasteiger partial charge in [-0.25, -0.2) is 0 Å². The zero-order valence-electron chi connectivity index (χ0n) is 13.6. The normalized spacial score (nSPS) is 13.9. The minimum atomic E-state index is -0.550. The Hall–Kier alpha value is -1.51. The molecule has 20 heavy (non-hydrogen) atoms. The number of anilines is 1. The van der Waals surface area contributed by atoms with Crippen molar-refractivity contribution in [2.75, 3.05) is 12.3 Å². The van der Waals surface area contributed by atoms with E-state index in [1.165, 1.54) is 0 Å². The molecule has 1 atom stereocenters. The number of nitrogens with one attached hydrogen (secondary N) is 1. The number of carbonyl (C=O) groups is 1. The standard InChI is InChI=1S/C17H28N2O/c1-12(16(2,3)4)11-19-15(20)17(5,6)13-7-9-14(18)10-8-13/h7-10,12H,11,18H2,1-6H3,(H,19,20). The van der Waals surface area contributed by atoms with E-state index in [1.807, 2.05) is 38.1 Å². The van der Waals surface area contributed by atoms with E-state index < -0.39 is 5.41 Å². The Morgan fingerprint density at radius 2 is 1.65 bits per heavy atom. The van der Waals surface area contributed by atoms with Crippen molar-refractivity contribution in [1.82, 2.24) is 5.32 Å². The fourth-order valence-electron chi connectivity index (χ4n) is 1.80. The number of hydrogen-bond donors (Lipinski definition) is 2. The quantitative estimate of drug-likeness (QED) is 0.829. The van der Waals surface area contributed by atoms with Gasteiger partial charge >= 0.3 is 0 Å². The molecule has 0 saturated carbocycles. The summed E-state index contributed by atoms with van der Waals surface area (Å²) >= 11 is 0. The van der Waals surface area contributed by atoms with Crippen LogP contribution >= 0.6 is 0 Å². The lowest BCUT2D eigenvalue weighted by Crippen LogP contribution is -2.43. The molecule has 3 N–H and O–H groups in total. The molecular formula is C17H28N2O. The van der Waals surface area contributed by atoms with Gasteiger partial charge in [0.25, 0.3) is 0 Å². The first-order valence-corrected chi connectivity index (χ1v) is 7.19. The van der Waals surface area contributed by atoms with Crippen LogP contribution in [0.5, 0.6) is 0 Å². The minimum Gasteiger partial charge on any atom is -0.399 e. The summed E-state index contributed by atoms with van der Waals surface area (Å²) in [5.41, 5.74) is 7.03. The third kappa shape index (κ3) is 3.99. The fraction of sp³-hybridized carbons (Fsp3) is 0.588. The van der Waals surface area contributed by atoms with Crippen LogP contribution in [0.25, 0.3) is 0 Å². The molecule has 3 nitrogen and oxygen atoms in total. The lowest BCUT2D eigenvalue weighted by Gasteiger charge is -2.30. The Morgan fingerprint density at radius 3 is 2.10 bits per heavy atom. The summed E-state index contributed by atoms with van der Waals surface area (Å²) in [6, 6.07) is 7.51. The number of carbonyl (C=O) groups excluding carboxylic acids is 1. The summed E-state index contributed by atoms with van der Waals surface area (Å²) in [6.45, 7) is 13.3. The zero-order chi connectivity index (χ0) is 15.6. The maximum absolute atomic E-state index is 12.4. The molecule has 0 aromatic heterocycles. The van der Waals surface area contributed by atoms with Crippen molar-refractivity contribution >= 4 is 11.6 Å². The highest BCUT2D eigenvalue weighted by atomic mass is 16.2. The SMILES string of the molecule is CC(CNC(=O)C(C)(C)c1ccc(N)cc1)C(C)(C)C. The summed E-state index contributed by atoms with van der Waals surface area (Å²) in [5, 5.41) is 3.07. The number of benzene rings is 1. The van der Waals surface area contributed by atoms with Crippen molar-refractivity contribution < 1.29 is 4.79 Å². The second-order valence-corrected chi connectivity index (χ2v) is 7.22. The second kappa shape index (κ2) is 5.86. The predicted molar refractivity (Wildman–Crippen MR) is 85.5 cm³/mol. The zero-order valence-corrected chi connectivity index (χ0v) is 13.6. The van der Waals surface area contributed by atoms with Crippen LogP contribution in [0.1, 0.15) is 47.1 Å². The molecule has 0 aliphatic carbocycles. The average Bonchev–Trinajstić information content (AvgIpc) is 2.34. The van der Waals surface area contributed by atoms with Gasteiger partial charge in [0.2, 0.25) is 5.91 Å². The van der Waals surface area contributed by atoms with Crippen LogP contribution in [0.3, 0.4) is 0 Å². The van der Waals surface area contributed by atoms with E-state index in [0.29, 0.717) is 18.2 Å². The van der Waals surface area contributed by atoms with E-state index in [1.54, 1.807) is 0 Å². The third-order valence-electron chi connectivity index (χ3n) is 4.25. The van der Waals surface area contributed by atoms with E-state index >= 15 is 0 Å². The van der Waals surface area contributed by atoms with Gasteiger partial charge in [-0.05, 0) is 42.9 Å². The first-order chi connectivity index (χ1) is 9.05. The molecule has 3 heteroatoms. The number of nitrogen functional groups attached to an aromatic ring is 1. The predicted octanol–water partition coefficient (Wildman–Crippen LogP) is 3.34. The Morgan fingerprint density at radius 1 is 1.15 bits per heavy atom. The van der Waals surface area contributed by atoms with Crippen LogP contribution in [-0.4, -0.2) is 12.5 Å². The van der Waals surface area contributed by atoms with Crippen LogP contribution in [0, 0.1) is 11.3 Å². The largest absolute Gasteiger partial charge is 0.399 e. The Balaban J connectivity index is 2.73. The highest BCUT2D eigenvalue weighted by molar-refractivity contribution is 5.87. The number of amides is 1. The van der Waals surface area contributed by atoms with Crippen LogP contribution in [-0.2, 0) is 10.2 Å². The monoisotopic (exact) mass is 276 g/mol. The van der Waals surface area contributed by atoms with Gasteiger partial charge < -0.3 is 11.1 Å². The van der Waals surface area contributed by atoms with E-state index in [-0.39, 0.29) is 11.3 Å². The lowest BCUT2D eigenvalue weighted by molar-refractivity contribution is -0.126. The molecule has 0 aliphatic heterocycles. The van der Waals surface area contributed by atoms with Gasteiger partial charge in [0.1, 0.15) is 0 Å². The smallest absolute Gasteiger partial charge is 0.230 e. The van der Waals surface area contributed by atoms with E-state index in [4.69, 9.17) is 5.73 Å².